The van der Waals surface area contributed by atoms with Gasteiger partial charge in [-0.15, -0.1) is 0 Å². The number of rotatable bonds is 28. The summed E-state index contributed by atoms with van der Waals surface area (Å²) in [6.07, 6.45) is 30.2. The van der Waals surface area contributed by atoms with Gasteiger partial charge in [0.1, 0.15) is 12.7 Å². The fraction of sp³-hybridized carbons (Fsp3) is 0.656. The molecule has 0 saturated heterocycles. The number of carbonyl (C=O) groups is 3. The van der Waals surface area contributed by atoms with Gasteiger partial charge in [0.15, 0.2) is 6.04 Å². The van der Waals surface area contributed by atoms with Crippen LogP contribution in [-0.4, -0.2) is 64.9 Å². The number of aliphatic carboxylic acids is 1. The van der Waals surface area contributed by atoms with Gasteiger partial charge in [-0.25, -0.2) is 9.36 Å². The second-order valence-electron chi connectivity index (χ2n) is 10.4. The van der Waals surface area contributed by atoms with Crippen molar-refractivity contribution in [1.82, 2.24) is 5.32 Å². The molecule has 0 aliphatic rings. The second-order valence-corrected chi connectivity index (χ2v) is 11.8. The molecule has 0 radical (unpaired) electrons. The number of ether oxygens (including phenoxy) is 1. The molecule has 0 aromatic heterocycles. The summed E-state index contributed by atoms with van der Waals surface area (Å²) >= 11 is 0. The molecule has 0 rings (SSSR count). The summed E-state index contributed by atoms with van der Waals surface area (Å²) in [7, 11) is -4.71. The number of carboxylic acid groups (broad SMARTS) is 1. The highest BCUT2D eigenvalue weighted by Crippen LogP contribution is 2.43. The van der Waals surface area contributed by atoms with Crippen LogP contribution in [0, 0.1) is 0 Å². The molecule has 11 nitrogen and oxygen atoms in total. The standard InChI is InChI=1S/C32H54NO10P/c1-3-4-5-6-7-8-9-10-11-12-13-14-15-16-17-18-19-20-21-22-23-24-31(36)41-25-29(35)26-42-44(39,40)43-27-30(32(37)38)33-28(2)34/h7-8,10-11,13-14,16-17,29-30,35H,3-6,9,12,15,18-27H2,1-2H3,(H,33,34)(H,37,38)(H,39,40)/b8-7-,11-10-,14-13-,17-16-. The Morgan fingerprint density at radius 3 is 1.80 bits per heavy atom. The zero-order chi connectivity index (χ0) is 32.9. The lowest BCUT2D eigenvalue weighted by molar-refractivity contribution is -0.147. The summed E-state index contributed by atoms with van der Waals surface area (Å²) in [6, 6.07) is -1.55. The van der Waals surface area contributed by atoms with Crippen LogP contribution in [-0.2, 0) is 32.7 Å². The number of amides is 1. The molecule has 252 valence electrons. The number of aliphatic hydroxyl groups is 1. The normalized spacial score (nSPS) is 14.8. The van der Waals surface area contributed by atoms with Crippen LogP contribution >= 0.6 is 7.82 Å². The van der Waals surface area contributed by atoms with Crippen LogP contribution in [0.15, 0.2) is 48.6 Å². The summed E-state index contributed by atoms with van der Waals surface area (Å²) in [5.41, 5.74) is 0. The number of unbranched alkanes of at least 4 members (excludes halogenated alkanes) is 8. The quantitative estimate of drug-likeness (QED) is 0.0328. The van der Waals surface area contributed by atoms with Crippen LogP contribution in [0.25, 0.3) is 0 Å². The van der Waals surface area contributed by atoms with Crippen molar-refractivity contribution in [1.29, 1.82) is 0 Å². The fourth-order valence-corrected chi connectivity index (χ4v) is 4.51. The predicted molar refractivity (Wildman–Crippen MR) is 171 cm³/mol. The van der Waals surface area contributed by atoms with Gasteiger partial charge in [0.25, 0.3) is 0 Å². The lowest BCUT2D eigenvalue weighted by Crippen LogP contribution is -2.42. The zero-order valence-electron chi connectivity index (χ0n) is 26.4. The monoisotopic (exact) mass is 643 g/mol. The Labute approximate surface area is 263 Å². The molecule has 0 aliphatic heterocycles. The number of aliphatic hydroxyl groups excluding tert-OH is 1. The lowest BCUT2D eigenvalue weighted by Gasteiger charge is -2.18. The van der Waals surface area contributed by atoms with Gasteiger partial charge in [-0.1, -0.05) is 87.6 Å². The van der Waals surface area contributed by atoms with Crippen LogP contribution < -0.4 is 5.32 Å². The number of phosphoric ester groups is 1. The SMILES string of the molecule is CCCCC/C=C\C/C=C\C/C=C\C/C=C\CCCCCCCC(=O)OCC(O)COP(=O)(O)OCC(NC(C)=O)C(=O)O. The molecule has 12 heteroatoms. The number of nitrogens with one attached hydrogen (secondary N) is 1. The highest BCUT2D eigenvalue weighted by atomic mass is 31.2. The molecule has 0 aromatic rings. The molecule has 44 heavy (non-hydrogen) atoms. The molecular weight excluding hydrogens is 589 g/mol. The van der Waals surface area contributed by atoms with E-state index in [4.69, 9.17) is 9.84 Å². The Balaban J connectivity index is 3.76. The van der Waals surface area contributed by atoms with E-state index in [2.05, 4.69) is 64.6 Å². The van der Waals surface area contributed by atoms with E-state index in [0.29, 0.717) is 6.42 Å². The molecule has 0 fully saturated rings. The molecule has 0 aliphatic carbocycles. The first-order chi connectivity index (χ1) is 21.1. The van der Waals surface area contributed by atoms with Gasteiger partial charge in [-0.3, -0.25) is 18.6 Å². The molecule has 0 aromatic carbocycles. The number of esters is 1. The number of allylic oxidation sites excluding steroid dienone is 8. The van der Waals surface area contributed by atoms with Crippen LogP contribution in [0.5, 0.6) is 0 Å². The summed E-state index contributed by atoms with van der Waals surface area (Å²) < 4.78 is 26.0. The van der Waals surface area contributed by atoms with Crippen LogP contribution in [0.4, 0.5) is 0 Å². The third-order valence-corrected chi connectivity index (χ3v) is 7.11. The maximum Gasteiger partial charge on any atom is 0.472 e. The third kappa shape index (κ3) is 28.2. The average Bonchev–Trinajstić information content (AvgIpc) is 2.97. The van der Waals surface area contributed by atoms with Gasteiger partial charge in [-0.2, -0.15) is 0 Å². The highest BCUT2D eigenvalue weighted by Gasteiger charge is 2.28. The molecule has 0 heterocycles. The molecule has 3 atom stereocenters. The van der Waals surface area contributed by atoms with Crippen LogP contribution in [0.2, 0.25) is 0 Å². The van der Waals surface area contributed by atoms with Crippen molar-refractivity contribution in [3.05, 3.63) is 48.6 Å². The first kappa shape index (κ1) is 41.4. The molecule has 4 N–H and O–H groups in total. The maximum absolute atomic E-state index is 11.9. The van der Waals surface area contributed by atoms with Crippen molar-refractivity contribution in [2.24, 2.45) is 0 Å². The summed E-state index contributed by atoms with van der Waals surface area (Å²) in [6.45, 7) is 1.37. The summed E-state index contributed by atoms with van der Waals surface area (Å²) in [4.78, 5) is 43.5. The van der Waals surface area contributed by atoms with Gasteiger partial charge in [0, 0.05) is 13.3 Å². The molecule has 0 bridgehead atoms. The molecule has 0 saturated carbocycles. The van der Waals surface area contributed by atoms with Crippen LogP contribution in [0.1, 0.15) is 104 Å². The minimum absolute atomic E-state index is 0.200. The molecule has 3 unspecified atom stereocenters. The number of carbonyl (C=O) groups excluding carboxylic acids is 2. The van der Waals surface area contributed by atoms with Crippen LogP contribution in [0.3, 0.4) is 0 Å². The number of hydrogen-bond acceptors (Lipinski definition) is 8. The van der Waals surface area contributed by atoms with Crippen molar-refractivity contribution in [3.8, 4) is 0 Å². The minimum atomic E-state index is -4.71. The Kier molecular flexibility index (Phi) is 26.3. The van der Waals surface area contributed by atoms with Gasteiger partial charge in [0.2, 0.25) is 5.91 Å². The van der Waals surface area contributed by atoms with Crippen molar-refractivity contribution in [2.75, 3.05) is 19.8 Å². The van der Waals surface area contributed by atoms with E-state index in [1.807, 2.05) is 5.32 Å². The second kappa shape index (κ2) is 28.0. The first-order valence-electron chi connectivity index (χ1n) is 15.6. The number of carboxylic acids is 1. The average molecular weight is 644 g/mol. The van der Waals surface area contributed by atoms with Crippen molar-refractivity contribution in [3.63, 3.8) is 0 Å². The topological polar surface area (TPSA) is 169 Å². The van der Waals surface area contributed by atoms with E-state index in [-0.39, 0.29) is 6.42 Å². The first-order valence-corrected chi connectivity index (χ1v) is 17.1. The predicted octanol–water partition coefficient (Wildman–Crippen LogP) is 6.32. The largest absolute Gasteiger partial charge is 0.480 e. The minimum Gasteiger partial charge on any atom is -0.480 e. The molecule has 0 spiro atoms. The van der Waals surface area contributed by atoms with Gasteiger partial charge in [-0.05, 0) is 51.4 Å². The zero-order valence-corrected chi connectivity index (χ0v) is 27.3. The van der Waals surface area contributed by atoms with E-state index in [9.17, 15) is 28.9 Å². The molecular formula is C32H54NO10P. The molecule has 1 amide bonds. The van der Waals surface area contributed by atoms with E-state index in [1.165, 1.54) is 25.7 Å². The van der Waals surface area contributed by atoms with Gasteiger partial charge >= 0.3 is 19.8 Å². The van der Waals surface area contributed by atoms with Crippen molar-refractivity contribution >= 4 is 25.7 Å². The van der Waals surface area contributed by atoms with Gasteiger partial charge < -0.3 is 25.2 Å². The Morgan fingerprint density at radius 2 is 1.25 bits per heavy atom. The van der Waals surface area contributed by atoms with Crippen molar-refractivity contribution < 1.29 is 47.8 Å². The van der Waals surface area contributed by atoms with E-state index >= 15 is 0 Å². The smallest absolute Gasteiger partial charge is 0.472 e. The van der Waals surface area contributed by atoms with E-state index < -0.39 is 57.6 Å². The van der Waals surface area contributed by atoms with Gasteiger partial charge in [0.05, 0.1) is 13.2 Å². The lowest BCUT2D eigenvalue weighted by atomic mass is 10.1. The van der Waals surface area contributed by atoms with E-state index in [1.54, 1.807) is 0 Å². The highest BCUT2D eigenvalue weighted by molar-refractivity contribution is 7.47. The third-order valence-electron chi connectivity index (χ3n) is 6.16. The number of phosphoric acid groups is 1. The maximum atomic E-state index is 11.9. The number of hydrogen-bond donors (Lipinski definition) is 4. The van der Waals surface area contributed by atoms with E-state index in [0.717, 1.165) is 58.3 Å². The summed E-state index contributed by atoms with van der Waals surface area (Å²) in [5.74, 6) is -2.62. The van der Waals surface area contributed by atoms with Crippen molar-refractivity contribution in [2.45, 2.75) is 116 Å². The Hall–Kier alpha value is -2.56. The Morgan fingerprint density at radius 1 is 0.750 bits per heavy atom. The fourth-order valence-electron chi connectivity index (χ4n) is 3.74. The summed E-state index contributed by atoms with van der Waals surface area (Å²) in [5, 5.41) is 20.8. The Bertz CT molecular complexity index is 947.